The van der Waals surface area contributed by atoms with Gasteiger partial charge in [-0.15, -0.1) is 0 Å². The molecule has 1 fully saturated rings. The van der Waals surface area contributed by atoms with Gasteiger partial charge in [-0.2, -0.15) is 0 Å². The number of hydrogen-bond acceptors (Lipinski definition) is 3. The van der Waals surface area contributed by atoms with Crippen molar-refractivity contribution in [2.24, 2.45) is 5.41 Å². The first-order chi connectivity index (χ1) is 9.45. The summed E-state index contributed by atoms with van der Waals surface area (Å²) in [5.74, 6) is -1.45. The molecule has 3 nitrogen and oxygen atoms in total. The molecule has 1 saturated heterocycles. The Kier molecular flexibility index (Phi) is 4.73. The molecule has 0 aromatic heterocycles. The smallest absolute Gasteiger partial charge is 0.131 e. The summed E-state index contributed by atoms with van der Waals surface area (Å²) in [6.07, 6.45) is 0.630. The molecule has 0 amide bonds. The molecule has 2 rings (SSSR count). The van der Waals surface area contributed by atoms with Crippen LogP contribution in [0.15, 0.2) is 18.2 Å². The lowest BCUT2D eigenvalue weighted by molar-refractivity contribution is 0.0196. The Morgan fingerprint density at radius 2 is 2.00 bits per heavy atom. The Hall–Kier alpha value is -1.04. The van der Waals surface area contributed by atoms with Gasteiger partial charge in [-0.1, -0.05) is 13.0 Å². The highest BCUT2D eigenvalue weighted by molar-refractivity contribution is 5.22. The Bertz CT molecular complexity index is 449. The van der Waals surface area contributed by atoms with E-state index in [4.69, 9.17) is 0 Å². The summed E-state index contributed by atoms with van der Waals surface area (Å²) in [6.45, 7) is 3.62. The van der Waals surface area contributed by atoms with Gasteiger partial charge < -0.3 is 10.2 Å². The van der Waals surface area contributed by atoms with Gasteiger partial charge >= 0.3 is 0 Å². The van der Waals surface area contributed by atoms with E-state index in [2.05, 4.69) is 0 Å². The molecule has 0 saturated carbocycles. The van der Waals surface area contributed by atoms with Crippen LogP contribution in [0.2, 0.25) is 0 Å². The third kappa shape index (κ3) is 3.34. The van der Waals surface area contributed by atoms with Gasteiger partial charge in [0.1, 0.15) is 11.6 Å². The van der Waals surface area contributed by atoms with Crippen LogP contribution in [0.1, 0.15) is 31.4 Å². The van der Waals surface area contributed by atoms with Crippen LogP contribution < -0.4 is 0 Å². The molecule has 1 heterocycles. The minimum atomic E-state index is -1.20. The summed E-state index contributed by atoms with van der Waals surface area (Å²) < 4.78 is 27.2. The van der Waals surface area contributed by atoms with Crippen molar-refractivity contribution in [3.8, 4) is 0 Å². The average molecular weight is 285 g/mol. The number of hydrogen-bond donors (Lipinski definition) is 2. The van der Waals surface area contributed by atoms with Gasteiger partial charge in [0.25, 0.3) is 0 Å². The van der Waals surface area contributed by atoms with Gasteiger partial charge in [-0.25, -0.2) is 8.78 Å². The van der Waals surface area contributed by atoms with E-state index in [-0.39, 0.29) is 24.1 Å². The molecule has 0 radical (unpaired) electrons. The summed E-state index contributed by atoms with van der Waals surface area (Å²) in [7, 11) is 0. The highest BCUT2D eigenvalue weighted by Gasteiger charge is 2.32. The fourth-order valence-electron chi connectivity index (χ4n) is 2.88. The fourth-order valence-corrected chi connectivity index (χ4v) is 2.88. The topological polar surface area (TPSA) is 43.7 Å². The summed E-state index contributed by atoms with van der Waals surface area (Å²) in [5.41, 5.74) is -0.477. The molecule has 0 spiro atoms. The van der Waals surface area contributed by atoms with Crippen LogP contribution >= 0.6 is 0 Å². The van der Waals surface area contributed by atoms with Crippen molar-refractivity contribution in [1.29, 1.82) is 0 Å². The van der Waals surface area contributed by atoms with Crippen molar-refractivity contribution in [2.45, 2.75) is 25.9 Å². The number of piperidine rings is 1. The van der Waals surface area contributed by atoms with Gasteiger partial charge in [-0.05, 0) is 31.5 Å². The van der Waals surface area contributed by atoms with Gasteiger partial charge in [0.2, 0.25) is 0 Å². The van der Waals surface area contributed by atoms with E-state index < -0.39 is 17.7 Å². The highest BCUT2D eigenvalue weighted by Crippen LogP contribution is 2.30. The van der Waals surface area contributed by atoms with Crippen molar-refractivity contribution < 1.29 is 19.0 Å². The van der Waals surface area contributed by atoms with Crippen LogP contribution in [0.25, 0.3) is 0 Å². The van der Waals surface area contributed by atoms with E-state index in [1.165, 1.54) is 6.07 Å². The number of benzene rings is 1. The zero-order valence-corrected chi connectivity index (χ0v) is 11.6. The van der Waals surface area contributed by atoms with Crippen molar-refractivity contribution in [3.63, 3.8) is 0 Å². The number of aliphatic hydroxyl groups excluding tert-OH is 2. The molecule has 1 aliphatic rings. The Morgan fingerprint density at radius 3 is 2.60 bits per heavy atom. The standard InChI is InChI=1S/C15H21F2NO2/c1-15(10-19)6-3-7-18(9-15)8-13(20)14-11(16)4-2-5-12(14)17/h2,4-5,13,19-20H,3,6-10H2,1H3. The maximum absolute atomic E-state index is 13.6. The molecule has 0 bridgehead atoms. The second kappa shape index (κ2) is 6.16. The SMILES string of the molecule is CC1(CO)CCCN(CC(O)c2c(F)cccc2F)C1. The quantitative estimate of drug-likeness (QED) is 0.890. The first-order valence-corrected chi connectivity index (χ1v) is 6.90. The van der Waals surface area contributed by atoms with E-state index in [0.717, 1.165) is 31.5 Å². The molecule has 1 aliphatic heterocycles. The number of aliphatic hydroxyl groups is 2. The maximum atomic E-state index is 13.6. The monoisotopic (exact) mass is 285 g/mol. The van der Waals surface area contributed by atoms with Crippen LogP contribution in [0.3, 0.4) is 0 Å². The first kappa shape index (κ1) is 15.4. The lowest BCUT2D eigenvalue weighted by Crippen LogP contribution is -2.45. The summed E-state index contributed by atoms with van der Waals surface area (Å²) in [5, 5.41) is 19.5. The van der Waals surface area contributed by atoms with Crippen LogP contribution in [-0.2, 0) is 0 Å². The zero-order chi connectivity index (χ0) is 14.8. The van der Waals surface area contributed by atoms with Crippen molar-refractivity contribution in [1.82, 2.24) is 4.90 Å². The number of β-amino-alcohol motifs (C(OH)–C–C–N with tert-alkyl or cyclic N) is 1. The van der Waals surface area contributed by atoms with Gasteiger partial charge in [0, 0.05) is 25.1 Å². The minimum Gasteiger partial charge on any atom is -0.396 e. The zero-order valence-electron chi connectivity index (χ0n) is 11.6. The number of likely N-dealkylation sites (tertiary alicyclic amines) is 1. The minimum absolute atomic E-state index is 0.0770. The first-order valence-electron chi connectivity index (χ1n) is 6.90. The molecule has 5 heteroatoms. The molecular formula is C15H21F2NO2. The Morgan fingerprint density at radius 1 is 1.35 bits per heavy atom. The van der Waals surface area contributed by atoms with Gasteiger partial charge in [0.05, 0.1) is 11.7 Å². The van der Waals surface area contributed by atoms with Crippen LogP contribution in [0.5, 0.6) is 0 Å². The summed E-state index contributed by atoms with van der Waals surface area (Å²) >= 11 is 0. The number of halogens is 2. The molecule has 2 unspecified atom stereocenters. The summed E-state index contributed by atoms with van der Waals surface area (Å²) in [4.78, 5) is 1.95. The third-order valence-electron chi connectivity index (χ3n) is 4.01. The summed E-state index contributed by atoms with van der Waals surface area (Å²) in [6, 6.07) is 3.58. The number of nitrogens with zero attached hydrogens (tertiary/aromatic N) is 1. The highest BCUT2D eigenvalue weighted by atomic mass is 19.1. The van der Waals surface area contributed by atoms with Gasteiger partial charge in [-0.3, -0.25) is 4.90 Å². The molecule has 1 aromatic carbocycles. The fraction of sp³-hybridized carbons (Fsp3) is 0.600. The lowest BCUT2D eigenvalue weighted by Gasteiger charge is -2.40. The molecule has 1 aromatic rings. The predicted octanol–water partition coefficient (Wildman–Crippen LogP) is 2.09. The Labute approximate surface area is 117 Å². The molecule has 2 atom stereocenters. The van der Waals surface area contributed by atoms with Crippen molar-refractivity contribution >= 4 is 0 Å². The van der Waals surface area contributed by atoms with E-state index in [9.17, 15) is 19.0 Å². The lowest BCUT2D eigenvalue weighted by atomic mass is 9.82. The van der Waals surface area contributed by atoms with Crippen LogP contribution in [-0.4, -0.2) is 41.4 Å². The van der Waals surface area contributed by atoms with Crippen molar-refractivity contribution in [2.75, 3.05) is 26.2 Å². The molecular weight excluding hydrogens is 264 g/mol. The van der Waals surface area contributed by atoms with Crippen LogP contribution in [0, 0.1) is 17.0 Å². The van der Waals surface area contributed by atoms with Crippen molar-refractivity contribution in [3.05, 3.63) is 35.4 Å². The second-order valence-corrected chi connectivity index (χ2v) is 5.96. The molecule has 0 aliphatic carbocycles. The Balaban J connectivity index is 2.06. The van der Waals surface area contributed by atoms with E-state index in [0.29, 0.717) is 6.54 Å². The molecule has 2 N–H and O–H groups in total. The van der Waals surface area contributed by atoms with E-state index in [1.54, 1.807) is 0 Å². The average Bonchev–Trinajstić information content (AvgIpc) is 2.38. The van der Waals surface area contributed by atoms with E-state index >= 15 is 0 Å². The number of rotatable bonds is 4. The normalized spacial score (nSPS) is 25.6. The third-order valence-corrected chi connectivity index (χ3v) is 4.01. The maximum Gasteiger partial charge on any atom is 0.131 e. The largest absolute Gasteiger partial charge is 0.396 e. The van der Waals surface area contributed by atoms with Crippen LogP contribution in [0.4, 0.5) is 8.78 Å². The second-order valence-electron chi connectivity index (χ2n) is 5.96. The predicted molar refractivity (Wildman–Crippen MR) is 72.2 cm³/mol. The van der Waals surface area contributed by atoms with Gasteiger partial charge in [0.15, 0.2) is 0 Å². The van der Waals surface area contributed by atoms with E-state index in [1.807, 2.05) is 11.8 Å². The molecule has 20 heavy (non-hydrogen) atoms. The molecule has 112 valence electrons.